The van der Waals surface area contributed by atoms with Crippen LogP contribution in [0.3, 0.4) is 0 Å². The van der Waals surface area contributed by atoms with Crippen LogP contribution >= 0.6 is 0 Å². The highest BCUT2D eigenvalue weighted by Gasteiger charge is 2.24. The third-order valence-electron chi connectivity index (χ3n) is 3.06. The third-order valence-corrected chi connectivity index (χ3v) is 3.06. The third kappa shape index (κ3) is 3.29. The smallest absolute Gasteiger partial charge is 0.307 e. The van der Waals surface area contributed by atoms with Gasteiger partial charge in [-0.25, -0.2) is 0 Å². The van der Waals surface area contributed by atoms with Gasteiger partial charge in [0.1, 0.15) is 0 Å². The summed E-state index contributed by atoms with van der Waals surface area (Å²) in [5.74, 6) is 0.616. The number of nitrogens with one attached hydrogen (secondary N) is 1. The van der Waals surface area contributed by atoms with E-state index >= 15 is 0 Å². The Morgan fingerprint density at radius 2 is 2.29 bits per heavy atom. The Morgan fingerprint density at radius 3 is 2.79 bits per heavy atom. The Bertz CT molecular complexity index is 194. The van der Waals surface area contributed by atoms with Crippen molar-refractivity contribution in [3.8, 4) is 0 Å². The highest BCUT2D eigenvalue weighted by Crippen LogP contribution is 2.25. The molecule has 1 fully saturated rings. The highest BCUT2D eigenvalue weighted by molar-refractivity contribution is 5.69. The Balaban J connectivity index is 2.25. The molecule has 1 rings (SSSR count). The van der Waals surface area contributed by atoms with Gasteiger partial charge in [-0.3, -0.25) is 4.79 Å². The predicted molar refractivity (Wildman–Crippen MR) is 56.0 cm³/mol. The maximum Gasteiger partial charge on any atom is 0.307 e. The number of methoxy groups -OCH3 is 1. The van der Waals surface area contributed by atoms with Crippen molar-refractivity contribution in [2.45, 2.75) is 51.6 Å². The Labute approximate surface area is 86.2 Å². The normalized spacial score (nSPS) is 28.8. The van der Waals surface area contributed by atoms with Crippen LogP contribution in [0.1, 0.15) is 39.5 Å². The quantitative estimate of drug-likeness (QED) is 0.701. The van der Waals surface area contributed by atoms with Crippen molar-refractivity contribution in [1.82, 2.24) is 5.32 Å². The van der Waals surface area contributed by atoms with Crippen molar-refractivity contribution in [2.24, 2.45) is 5.92 Å². The summed E-state index contributed by atoms with van der Waals surface area (Å²) in [6.07, 6.45) is 4.33. The minimum atomic E-state index is -0.129. The van der Waals surface area contributed by atoms with Crippen molar-refractivity contribution >= 4 is 5.97 Å². The lowest BCUT2D eigenvalue weighted by molar-refractivity contribution is -0.141. The van der Waals surface area contributed by atoms with Crippen molar-refractivity contribution in [3.05, 3.63) is 0 Å². The van der Waals surface area contributed by atoms with Gasteiger partial charge in [0.25, 0.3) is 0 Å². The van der Waals surface area contributed by atoms with Crippen LogP contribution in [0, 0.1) is 5.92 Å². The second kappa shape index (κ2) is 5.35. The van der Waals surface area contributed by atoms with Crippen molar-refractivity contribution in [3.63, 3.8) is 0 Å². The lowest BCUT2D eigenvalue weighted by atomic mass is 10.1. The summed E-state index contributed by atoms with van der Waals surface area (Å²) in [4.78, 5) is 11.0. The van der Waals surface area contributed by atoms with Gasteiger partial charge in [-0.15, -0.1) is 0 Å². The van der Waals surface area contributed by atoms with Crippen LogP contribution in [0.25, 0.3) is 0 Å². The number of esters is 1. The molecule has 0 amide bonds. The fraction of sp³-hybridized carbons (Fsp3) is 0.909. The fourth-order valence-electron chi connectivity index (χ4n) is 2.15. The first kappa shape index (κ1) is 11.5. The summed E-state index contributed by atoms with van der Waals surface area (Å²) in [5, 5.41) is 3.49. The van der Waals surface area contributed by atoms with Gasteiger partial charge >= 0.3 is 5.97 Å². The highest BCUT2D eigenvalue weighted by atomic mass is 16.5. The average molecular weight is 199 g/mol. The van der Waals surface area contributed by atoms with Gasteiger partial charge in [0.2, 0.25) is 0 Å². The molecular formula is C11H21NO2. The molecule has 14 heavy (non-hydrogen) atoms. The van der Waals surface area contributed by atoms with E-state index in [1.165, 1.54) is 26.4 Å². The molecule has 0 saturated heterocycles. The first-order valence-electron chi connectivity index (χ1n) is 5.46. The molecule has 3 heteroatoms. The standard InChI is InChI=1S/C11H21NO2/c1-8-5-4-6-10(8)12-9(2)7-11(13)14-3/h8-10,12H,4-7H2,1-3H3. The zero-order chi connectivity index (χ0) is 10.6. The summed E-state index contributed by atoms with van der Waals surface area (Å²) in [7, 11) is 1.44. The second-order valence-corrected chi connectivity index (χ2v) is 4.36. The van der Waals surface area contributed by atoms with E-state index in [4.69, 9.17) is 0 Å². The SMILES string of the molecule is COC(=O)CC(C)NC1CCCC1C. The number of hydrogen-bond acceptors (Lipinski definition) is 3. The predicted octanol–water partition coefficient (Wildman–Crippen LogP) is 1.72. The summed E-state index contributed by atoms with van der Waals surface area (Å²) in [5.41, 5.74) is 0. The van der Waals surface area contributed by atoms with E-state index in [2.05, 4.69) is 17.0 Å². The molecule has 3 nitrogen and oxygen atoms in total. The summed E-state index contributed by atoms with van der Waals surface area (Å²) >= 11 is 0. The minimum Gasteiger partial charge on any atom is -0.469 e. The average Bonchev–Trinajstić information content (AvgIpc) is 2.51. The summed E-state index contributed by atoms with van der Waals surface area (Å²) in [6, 6.07) is 0.822. The van der Waals surface area contributed by atoms with E-state index in [-0.39, 0.29) is 12.0 Å². The molecule has 1 aliphatic rings. The van der Waals surface area contributed by atoms with Crippen LogP contribution in [-0.2, 0) is 9.53 Å². The molecule has 0 aromatic carbocycles. The van der Waals surface area contributed by atoms with Gasteiger partial charge in [-0.05, 0) is 25.7 Å². The van der Waals surface area contributed by atoms with Gasteiger partial charge in [0, 0.05) is 12.1 Å². The first-order chi connectivity index (χ1) is 6.63. The van der Waals surface area contributed by atoms with Crippen LogP contribution in [0.4, 0.5) is 0 Å². The molecule has 0 spiro atoms. The summed E-state index contributed by atoms with van der Waals surface area (Å²) in [6.45, 7) is 4.32. The zero-order valence-electron chi connectivity index (χ0n) is 9.38. The van der Waals surface area contributed by atoms with E-state index in [0.29, 0.717) is 12.5 Å². The molecule has 1 aliphatic carbocycles. The minimum absolute atomic E-state index is 0.129. The number of rotatable bonds is 4. The molecule has 1 saturated carbocycles. The van der Waals surface area contributed by atoms with E-state index in [1.807, 2.05) is 6.92 Å². The van der Waals surface area contributed by atoms with Gasteiger partial charge < -0.3 is 10.1 Å². The van der Waals surface area contributed by atoms with Crippen LogP contribution in [0.15, 0.2) is 0 Å². The molecule has 0 radical (unpaired) electrons. The fourth-order valence-corrected chi connectivity index (χ4v) is 2.15. The Hall–Kier alpha value is -0.570. The van der Waals surface area contributed by atoms with Gasteiger partial charge in [-0.1, -0.05) is 13.3 Å². The van der Waals surface area contributed by atoms with Crippen molar-refractivity contribution in [1.29, 1.82) is 0 Å². The molecule has 0 heterocycles. The van der Waals surface area contributed by atoms with Crippen LogP contribution in [0.2, 0.25) is 0 Å². The van der Waals surface area contributed by atoms with Gasteiger partial charge in [-0.2, -0.15) is 0 Å². The number of ether oxygens (including phenoxy) is 1. The second-order valence-electron chi connectivity index (χ2n) is 4.36. The Morgan fingerprint density at radius 1 is 1.57 bits per heavy atom. The molecular weight excluding hydrogens is 178 g/mol. The van der Waals surface area contributed by atoms with E-state index < -0.39 is 0 Å². The molecule has 0 aromatic rings. The molecule has 0 aromatic heterocycles. The summed E-state index contributed by atoms with van der Waals surface area (Å²) < 4.78 is 4.63. The molecule has 3 unspecified atom stereocenters. The van der Waals surface area contributed by atoms with E-state index in [0.717, 1.165) is 5.92 Å². The molecule has 0 bridgehead atoms. The maximum atomic E-state index is 11.0. The lowest BCUT2D eigenvalue weighted by Crippen LogP contribution is -2.39. The molecule has 82 valence electrons. The zero-order valence-corrected chi connectivity index (χ0v) is 9.38. The van der Waals surface area contributed by atoms with Gasteiger partial charge in [0.15, 0.2) is 0 Å². The number of hydrogen-bond donors (Lipinski definition) is 1. The van der Waals surface area contributed by atoms with Crippen molar-refractivity contribution < 1.29 is 9.53 Å². The van der Waals surface area contributed by atoms with E-state index in [1.54, 1.807) is 0 Å². The van der Waals surface area contributed by atoms with Crippen molar-refractivity contribution in [2.75, 3.05) is 7.11 Å². The Kier molecular flexibility index (Phi) is 4.39. The molecule has 0 aliphatic heterocycles. The van der Waals surface area contributed by atoms with Crippen LogP contribution < -0.4 is 5.32 Å². The van der Waals surface area contributed by atoms with E-state index in [9.17, 15) is 4.79 Å². The topological polar surface area (TPSA) is 38.3 Å². The van der Waals surface area contributed by atoms with Crippen LogP contribution in [0.5, 0.6) is 0 Å². The van der Waals surface area contributed by atoms with Crippen LogP contribution in [-0.4, -0.2) is 25.2 Å². The number of carbonyl (C=O) groups is 1. The number of carbonyl (C=O) groups excluding carboxylic acids is 1. The monoisotopic (exact) mass is 199 g/mol. The molecule has 1 N–H and O–H groups in total. The van der Waals surface area contributed by atoms with Gasteiger partial charge in [0.05, 0.1) is 13.5 Å². The maximum absolute atomic E-state index is 11.0. The first-order valence-corrected chi connectivity index (χ1v) is 5.46. The lowest BCUT2D eigenvalue weighted by Gasteiger charge is -2.21. The molecule has 3 atom stereocenters. The largest absolute Gasteiger partial charge is 0.469 e.